The van der Waals surface area contributed by atoms with Gasteiger partial charge in [-0.1, -0.05) is 30.3 Å². The summed E-state index contributed by atoms with van der Waals surface area (Å²) in [6.45, 7) is -0.333. The second kappa shape index (κ2) is 5.72. The Bertz CT molecular complexity index is 461. The third kappa shape index (κ3) is 3.00. The van der Waals surface area contributed by atoms with E-state index in [0.29, 0.717) is 11.6 Å². The summed E-state index contributed by atoms with van der Waals surface area (Å²) in [6.07, 6.45) is -0.902. The zero-order chi connectivity index (χ0) is 12.1. The first kappa shape index (κ1) is 12.0. The molecule has 90 valence electrons. The Labute approximate surface area is 103 Å². The minimum Gasteiger partial charge on any atom is -0.473 e. The maximum Gasteiger partial charge on any atom is 0.254 e. The van der Waals surface area contributed by atoms with Crippen LogP contribution in [0.2, 0.25) is 0 Å². The van der Waals surface area contributed by atoms with Crippen LogP contribution in [-0.4, -0.2) is 38.3 Å². The number of hydrogen-bond acceptors (Lipinski definition) is 6. The third-order valence-electron chi connectivity index (χ3n) is 2.13. The van der Waals surface area contributed by atoms with Crippen LogP contribution >= 0.6 is 11.7 Å². The molecule has 0 aliphatic carbocycles. The lowest BCUT2D eigenvalue weighted by Gasteiger charge is -2.08. The Morgan fingerprint density at radius 3 is 2.71 bits per heavy atom. The molecule has 2 rings (SSSR count). The zero-order valence-corrected chi connectivity index (χ0v) is 9.80. The van der Waals surface area contributed by atoms with Gasteiger partial charge in [-0.3, -0.25) is 0 Å². The molecule has 0 bridgehead atoms. The standard InChI is InChI=1S/C11H12N2O3S/c14-6-9(15)7-16-11-10(12-17-13-11)8-4-2-1-3-5-8/h1-5,9,14-15H,6-7H2. The van der Waals surface area contributed by atoms with Gasteiger partial charge in [-0.15, -0.1) is 4.37 Å². The average molecular weight is 252 g/mol. The van der Waals surface area contributed by atoms with Crippen LogP contribution in [0.25, 0.3) is 11.3 Å². The van der Waals surface area contributed by atoms with E-state index in [0.717, 1.165) is 17.3 Å². The Balaban J connectivity index is 2.12. The summed E-state index contributed by atoms with van der Waals surface area (Å²) in [5.74, 6) is 0.383. The van der Waals surface area contributed by atoms with Gasteiger partial charge in [-0.25, -0.2) is 0 Å². The number of rotatable bonds is 5. The molecule has 6 heteroatoms. The molecule has 0 amide bonds. The summed E-state index contributed by atoms with van der Waals surface area (Å²) in [4.78, 5) is 0. The number of hydrogen-bond donors (Lipinski definition) is 2. The second-order valence-electron chi connectivity index (χ2n) is 3.43. The van der Waals surface area contributed by atoms with Crippen molar-refractivity contribution >= 4 is 11.7 Å². The summed E-state index contributed by atoms with van der Waals surface area (Å²) in [5, 5.41) is 17.9. The highest BCUT2D eigenvalue weighted by molar-refractivity contribution is 6.99. The highest BCUT2D eigenvalue weighted by atomic mass is 32.1. The number of aliphatic hydroxyl groups is 2. The van der Waals surface area contributed by atoms with E-state index in [4.69, 9.17) is 9.84 Å². The average Bonchev–Trinajstić information content (AvgIpc) is 2.85. The molecule has 0 fully saturated rings. The number of aromatic nitrogens is 2. The number of aliphatic hydroxyl groups excluding tert-OH is 2. The highest BCUT2D eigenvalue weighted by Crippen LogP contribution is 2.27. The third-order valence-corrected chi connectivity index (χ3v) is 2.64. The SMILES string of the molecule is OCC(O)COc1nsnc1-c1ccccc1. The molecular weight excluding hydrogens is 240 g/mol. The van der Waals surface area contributed by atoms with Crippen LogP contribution in [0.15, 0.2) is 30.3 Å². The molecule has 5 nitrogen and oxygen atoms in total. The van der Waals surface area contributed by atoms with E-state index in [2.05, 4.69) is 8.75 Å². The van der Waals surface area contributed by atoms with Crippen LogP contribution < -0.4 is 4.74 Å². The fraction of sp³-hybridized carbons (Fsp3) is 0.273. The van der Waals surface area contributed by atoms with Gasteiger partial charge >= 0.3 is 0 Å². The van der Waals surface area contributed by atoms with Gasteiger partial charge in [0.1, 0.15) is 18.4 Å². The van der Waals surface area contributed by atoms with E-state index in [1.54, 1.807) is 0 Å². The molecule has 0 saturated heterocycles. The van der Waals surface area contributed by atoms with Crippen molar-refractivity contribution in [1.29, 1.82) is 0 Å². The van der Waals surface area contributed by atoms with Gasteiger partial charge in [0.15, 0.2) is 0 Å². The lowest BCUT2D eigenvalue weighted by Crippen LogP contribution is -2.21. The normalized spacial score (nSPS) is 12.4. The summed E-state index contributed by atoms with van der Waals surface area (Å²) >= 11 is 1.05. The quantitative estimate of drug-likeness (QED) is 0.828. The minimum atomic E-state index is -0.902. The van der Waals surface area contributed by atoms with Crippen molar-refractivity contribution in [3.8, 4) is 17.1 Å². The van der Waals surface area contributed by atoms with Crippen LogP contribution in [0.1, 0.15) is 0 Å². The first-order valence-electron chi connectivity index (χ1n) is 5.11. The van der Waals surface area contributed by atoms with E-state index >= 15 is 0 Å². The number of ether oxygens (including phenoxy) is 1. The Morgan fingerprint density at radius 2 is 2.00 bits per heavy atom. The van der Waals surface area contributed by atoms with Gasteiger partial charge in [0.05, 0.1) is 18.3 Å². The molecule has 0 radical (unpaired) electrons. The molecule has 0 aliphatic rings. The smallest absolute Gasteiger partial charge is 0.254 e. The van der Waals surface area contributed by atoms with E-state index < -0.39 is 6.10 Å². The predicted octanol–water partition coefficient (Wildman–Crippen LogP) is 0.937. The van der Waals surface area contributed by atoms with Gasteiger partial charge in [0, 0.05) is 5.56 Å². The number of nitrogens with zero attached hydrogens (tertiary/aromatic N) is 2. The van der Waals surface area contributed by atoms with E-state index in [-0.39, 0.29) is 13.2 Å². The summed E-state index contributed by atoms with van der Waals surface area (Å²) in [6, 6.07) is 9.54. The van der Waals surface area contributed by atoms with E-state index in [1.807, 2.05) is 30.3 Å². The van der Waals surface area contributed by atoms with Crippen molar-refractivity contribution in [3.63, 3.8) is 0 Å². The topological polar surface area (TPSA) is 75.5 Å². The predicted molar refractivity (Wildman–Crippen MR) is 63.9 cm³/mol. The molecule has 1 heterocycles. The zero-order valence-electron chi connectivity index (χ0n) is 8.98. The monoisotopic (exact) mass is 252 g/mol. The molecule has 2 aromatic rings. The lowest BCUT2D eigenvalue weighted by atomic mass is 10.2. The summed E-state index contributed by atoms with van der Waals surface area (Å²) in [5.41, 5.74) is 1.57. The Kier molecular flexibility index (Phi) is 4.03. The van der Waals surface area contributed by atoms with Gasteiger partial charge in [-0.05, 0) is 0 Å². The number of benzene rings is 1. The van der Waals surface area contributed by atoms with E-state index in [9.17, 15) is 5.11 Å². The Morgan fingerprint density at radius 1 is 1.24 bits per heavy atom. The van der Waals surface area contributed by atoms with Crippen molar-refractivity contribution < 1.29 is 14.9 Å². The maximum atomic E-state index is 9.20. The Hall–Kier alpha value is -1.50. The molecule has 17 heavy (non-hydrogen) atoms. The fourth-order valence-electron chi connectivity index (χ4n) is 1.28. The fourth-order valence-corrected chi connectivity index (χ4v) is 1.79. The second-order valence-corrected chi connectivity index (χ2v) is 3.96. The van der Waals surface area contributed by atoms with Gasteiger partial charge < -0.3 is 14.9 Å². The van der Waals surface area contributed by atoms with E-state index in [1.165, 1.54) is 0 Å². The van der Waals surface area contributed by atoms with Crippen molar-refractivity contribution in [2.75, 3.05) is 13.2 Å². The molecule has 1 aromatic heterocycles. The van der Waals surface area contributed by atoms with Crippen molar-refractivity contribution in [3.05, 3.63) is 30.3 Å². The van der Waals surface area contributed by atoms with Gasteiger partial charge in [0.25, 0.3) is 5.88 Å². The van der Waals surface area contributed by atoms with Crippen LogP contribution in [0.5, 0.6) is 5.88 Å². The minimum absolute atomic E-state index is 0.00173. The first-order chi connectivity index (χ1) is 8.31. The van der Waals surface area contributed by atoms with Crippen molar-refractivity contribution in [1.82, 2.24) is 8.75 Å². The lowest BCUT2D eigenvalue weighted by molar-refractivity contribution is 0.0526. The van der Waals surface area contributed by atoms with Gasteiger partial charge in [-0.2, -0.15) is 4.37 Å². The first-order valence-corrected chi connectivity index (χ1v) is 5.84. The van der Waals surface area contributed by atoms with Gasteiger partial charge in [0.2, 0.25) is 0 Å². The molecule has 1 unspecified atom stereocenters. The molecule has 1 aromatic carbocycles. The summed E-state index contributed by atoms with van der Waals surface area (Å²) in [7, 11) is 0. The molecule has 1 atom stereocenters. The van der Waals surface area contributed by atoms with Crippen LogP contribution in [0, 0.1) is 0 Å². The molecule has 0 saturated carbocycles. The molecule has 0 aliphatic heterocycles. The largest absolute Gasteiger partial charge is 0.473 e. The maximum absolute atomic E-state index is 9.20. The van der Waals surface area contributed by atoms with Crippen LogP contribution in [0.3, 0.4) is 0 Å². The van der Waals surface area contributed by atoms with Crippen molar-refractivity contribution in [2.24, 2.45) is 0 Å². The molecule has 0 spiro atoms. The summed E-state index contributed by atoms with van der Waals surface area (Å²) < 4.78 is 13.5. The van der Waals surface area contributed by atoms with Crippen molar-refractivity contribution in [2.45, 2.75) is 6.10 Å². The molecular formula is C11H12N2O3S. The molecule has 2 N–H and O–H groups in total. The van der Waals surface area contributed by atoms with Crippen LogP contribution in [-0.2, 0) is 0 Å². The highest BCUT2D eigenvalue weighted by Gasteiger charge is 2.13. The van der Waals surface area contributed by atoms with Crippen LogP contribution in [0.4, 0.5) is 0 Å².